The van der Waals surface area contributed by atoms with Gasteiger partial charge >= 0.3 is 0 Å². The van der Waals surface area contributed by atoms with Crippen molar-refractivity contribution >= 4 is 5.91 Å². The molecule has 1 aliphatic heterocycles. The van der Waals surface area contributed by atoms with Crippen LogP contribution >= 0.6 is 0 Å². The number of aromatic nitrogens is 1. The quantitative estimate of drug-likeness (QED) is 0.713. The minimum absolute atomic E-state index is 0.00566. The van der Waals surface area contributed by atoms with Crippen LogP contribution in [0.4, 0.5) is 4.39 Å². The van der Waals surface area contributed by atoms with E-state index in [9.17, 15) is 9.18 Å². The lowest BCUT2D eigenvalue weighted by molar-refractivity contribution is 0.0357. The number of halogens is 1. The Balaban J connectivity index is 2.07. The normalized spacial score (nSPS) is 16.3. The van der Waals surface area contributed by atoms with Gasteiger partial charge in [0.1, 0.15) is 0 Å². The molecule has 0 saturated carbocycles. The van der Waals surface area contributed by atoms with Crippen LogP contribution in [0.15, 0.2) is 18.3 Å². The lowest BCUT2D eigenvalue weighted by Gasteiger charge is -2.38. The molecule has 1 fully saturated rings. The Morgan fingerprint density at radius 3 is 3.00 bits per heavy atom. The van der Waals surface area contributed by atoms with Gasteiger partial charge < -0.3 is 10.0 Å². The first-order valence-electron chi connectivity index (χ1n) is 4.73. The molecule has 1 aromatic heterocycles. The third-order valence-electron chi connectivity index (χ3n) is 2.49. The highest BCUT2D eigenvalue weighted by Gasteiger charge is 2.31. The van der Waals surface area contributed by atoms with Gasteiger partial charge in [0.2, 0.25) is 5.95 Å². The molecule has 0 aliphatic carbocycles. The molecule has 0 aromatic carbocycles. The van der Waals surface area contributed by atoms with E-state index in [1.54, 1.807) is 0 Å². The van der Waals surface area contributed by atoms with Gasteiger partial charge in [0.15, 0.2) is 0 Å². The summed E-state index contributed by atoms with van der Waals surface area (Å²) in [6.45, 7) is 1.05. The predicted molar refractivity (Wildman–Crippen MR) is 50.7 cm³/mol. The zero-order valence-electron chi connectivity index (χ0n) is 8.06. The molecule has 5 heteroatoms. The highest BCUT2D eigenvalue weighted by atomic mass is 19.1. The fourth-order valence-electron chi connectivity index (χ4n) is 1.57. The summed E-state index contributed by atoms with van der Waals surface area (Å²) in [6.07, 6.45) is 1.30. The average molecular weight is 210 g/mol. The topological polar surface area (TPSA) is 53.4 Å². The maximum Gasteiger partial charge on any atom is 0.258 e. The molecule has 0 bridgehead atoms. The van der Waals surface area contributed by atoms with Gasteiger partial charge in [-0.3, -0.25) is 4.79 Å². The van der Waals surface area contributed by atoms with Gasteiger partial charge in [0, 0.05) is 31.8 Å². The Labute approximate surface area is 86.4 Å². The first-order valence-corrected chi connectivity index (χ1v) is 4.73. The van der Waals surface area contributed by atoms with Gasteiger partial charge in [-0.05, 0) is 12.1 Å². The van der Waals surface area contributed by atoms with E-state index in [0.29, 0.717) is 13.1 Å². The molecular formula is C10H11FN2O2. The molecule has 0 atom stereocenters. The number of likely N-dealkylation sites (tertiary alicyclic amines) is 1. The van der Waals surface area contributed by atoms with Crippen molar-refractivity contribution in [2.45, 2.75) is 0 Å². The van der Waals surface area contributed by atoms with E-state index in [0.717, 1.165) is 0 Å². The lowest BCUT2D eigenvalue weighted by Crippen LogP contribution is -2.51. The molecule has 0 spiro atoms. The third kappa shape index (κ3) is 1.83. The molecule has 1 aromatic rings. The summed E-state index contributed by atoms with van der Waals surface area (Å²) in [5.41, 5.74) is -0.00566. The van der Waals surface area contributed by atoms with Gasteiger partial charge in [-0.15, -0.1) is 0 Å². The van der Waals surface area contributed by atoms with E-state index >= 15 is 0 Å². The summed E-state index contributed by atoms with van der Waals surface area (Å²) in [5.74, 6) is -0.964. The van der Waals surface area contributed by atoms with Crippen LogP contribution in [-0.4, -0.2) is 40.6 Å². The number of pyridine rings is 1. The largest absolute Gasteiger partial charge is 0.396 e. The molecule has 80 valence electrons. The predicted octanol–water partition coefficient (Wildman–Crippen LogP) is 0.285. The molecule has 4 nitrogen and oxygen atoms in total. The first kappa shape index (κ1) is 10.0. The first-order chi connectivity index (χ1) is 7.22. The Kier molecular flexibility index (Phi) is 2.64. The molecule has 2 rings (SSSR count). The number of hydrogen-bond acceptors (Lipinski definition) is 3. The Morgan fingerprint density at radius 2 is 2.40 bits per heavy atom. The summed E-state index contributed by atoms with van der Waals surface area (Å²) < 4.78 is 13.1. The second-order valence-electron chi connectivity index (χ2n) is 3.60. The van der Waals surface area contributed by atoms with Gasteiger partial charge in [-0.1, -0.05) is 0 Å². The van der Waals surface area contributed by atoms with Crippen LogP contribution in [0.5, 0.6) is 0 Å². The van der Waals surface area contributed by atoms with E-state index in [4.69, 9.17) is 5.11 Å². The highest BCUT2D eigenvalue weighted by molar-refractivity contribution is 5.94. The van der Waals surface area contributed by atoms with Gasteiger partial charge in [-0.25, -0.2) is 4.98 Å². The second-order valence-corrected chi connectivity index (χ2v) is 3.60. The van der Waals surface area contributed by atoms with Gasteiger partial charge in [0.25, 0.3) is 5.91 Å². The van der Waals surface area contributed by atoms with Crippen molar-refractivity contribution in [2.75, 3.05) is 19.7 Å². The molecule has 2 heterocycles. The molecule has 0 unspecified atom stereocenters. The van der Waals surface area contributed by atoms with Crippen LogP contribution in [0.2, 0.25) is 0 Å². The second kappa shape index (κ2) is 3.94. The number of hydrogen-bond donors (Lipinski definition) is 1. The molecule has 1 N–H and O–H groups in total. The minimum Gasteiger partial charge on any atom is -0.396 e. The Bertz CT molecular complexity index is 377. The zero-order chi connectivity index (χ0) is 10.8. The van der Waals surface area contributed by atoms with Crippen molar-refractivity contribution in [1.82, 2.24) is 9.88 Å². The third-order valence-corrected chi connectivity index (χ3v) is 2.49. The van der Waals surface area contributed by atoms with Crippen LogP contribution in [0.25, 0.3) is 0 Å². The molecule has 1 amide bonds. The molecule has 1 aliphatic rings. The maximum absolute atomic E-state index is 13.1. The lowest BCUT2D eigenvalue weighted by atomic mass is 10.0. The molecule has 1 saturated heterocycles. The van der Waals surface area contributed by atoms with Crippen LogP contribution in [-0.2, 0) is 0 Å². The number of rotatable bonds is 2. The van der Waals surface area contributed by atoms with Crippen molar-refractivity contribution in [3.05, 3.63) is 29.8 Å². The zero-order valence-corrected chi connectivity index (χ0v) is 8.06. The van der Waals surface area contributed by atoms with Gasteiger partial charge in [-0.2, -0.15) is 4.39 Å². The van der Waals surface area contributed by atoms with E-state index in [1.807, 2.05) is 0 Å². The minimum atomic E-state index is -0.741. The number of amides is 1. The van der Waals surface area contributed by atoms with E-state index in [-0.39, 0.29) is 24.0 Å². The molecule has 15 heavy (non-hydrogen) atoms. The van der Waals surface area contributed by atoms with Crippen molar-refractivity contribution in [2.24, 2.45) is 5.92 Å². The molecular weight excluding hydrogens is 199 g/mol. The van der Waals surface area contributed by atoms with Crippen molar-refractivity contribution in [1.29, 1.82) is 0 Å². The summed E-state index contributed by atoms with van der Waals surface area (Å²) in [7, 11) is 0. The Morgan fingerprint density at radius 1 is 1.67 bits per heavy atom. The van der Waals surface area contributed by atoms with Crippen LogP contribution in [0, 0.1) is 11.9 Å². The fourth-order valence-corrected chi connectivity index (χ4v) is 1.57. The van der Waals surface area contributed by atoms with Crippen LogP contribution in [0.3, 0.4) is 0 Å². The van der Waals surface area contributed by atoms with Crippen molar-refractivity contribution in [3.63, 3.8) is 0 Å². The van der Waals surface area contributed by atoms with E-state index < -0.39 is 5.95 Å². The summed E-state index contributed by atoms with van der Waals surface area (Å²) in [5, 5.41) is 8.79. The number of aliphatic hydroxyl groups excluding tert-OH is 1. The van der Waals surface area contributed by atoms with Crippen LogP contribution in [0.1, 0.15) is 10.4 Å². The standard InChI is InChI=1S/C10H11FN2O2/c11-9-8(2-1-3-12-9)10(15)13-4-7(5-13)6-14/h1-3,7,14H,4-6H2. The monoisotopic (exact) mass is 210 g/mol. The number of carbonyl (C=O) groups excluding carboxylic acids is 1. The SMILES string of the molecule is O=C(c1cccnc1F)N1CC(CO)C1. The summed E-state index contributed by atoms with van der Waals surface area (Å²) in [4.78, 5) is 16.6. The number of carbonyl (C=O) groups is 1. The van der Waals surface area contributed by atoms with E-state index in [2.05, 4.69) is 4.98 Å². The van der Waals surface area contributed by atoms with Crippen molar-refractivity contribution < 1.29 is 14.3 Å². The summed E-state index contributed by atoms with van der Waals surface area (Å²) >= 11 is 0. The average Bonchev–Trinajstić information content (AvgIpc) is 2.16. The van der Waals surface area contributed by atoms with Crippen LogP contribution < -0.4 is 0 Å². The smallest absolute Gasteiger partial charge is 0.258 e. The van der Waals surface area contributed by atoms with Gasteiger partial charge in [0.05, 0.1) is 5.56 Å². The molecule has 0 radical (unpaired) electrons. The fraction of sp³-hybridized carbons (Fsp3) is 0.400. The van der Waals surface area contributed by atoms with Crippen molar-refractivity contribution in [3.8, 4) is 0 Å². The number of aliphatic hydroxyl groups is 1. The van der Waals surface area contributed by atoms with E-state index in [1.165, 1.54) is 23.2 Å². The highest BCUT2D eigenvalue weighted by Crippen LogP contribution is 2.18. The maximum atomic E-state index is 13.1. The summed E-state index contributed by atoms with van der Waals surface area (Å²) in [6, 6.07) is 2.94. The number of nitrogens with zero attached hydrogens (tertiary/aromatic N) is 2. The Hall–Kier alpha value is -1.49.